The molecular weight excluding hydrogens is 376 g/mol. The molecule has 138 valence electrons. The lowest BCUT2D eigenvalue weighted by Gasteiger charge is -2.17. The Balaban J connectivity index is 1.70. The molecule has 2 aromatic rings. The molecule has 0 unspecified atom stereocenters. The van der Waals surface area contributed by atoms with Gasteiger partial charge in [0.2, 0.25) is 5.91 Å². The van der Waals surface area contributed by atoms with E-state index in [1.54, 1.807) is 35.6 Å². The number of carbonyl (C=O) groups is 3. The fraction of sp³-hybridized carbons (Fsp3) is 0.278. The van der Waals surface area contributed by atoms with Crippen molar-refractivity contribution < 1.29 is 19.1 Å². The number of nitrogens with one attached hydrogen (secondary N) is 1. The second-order valence-corrected chi connectivity index (χ2v) is 6.76. The van der Waals surface area contributed by atoms with Gasteiger partial charge in [0.15, 0.2) is 6.61 Å². The summed E-state index contributed by atoms with van der Waals surface area (Å²) >= 11 is 7.53. The minimum atomic E-state index is -0.455. The first kappa shape index (κ1) is 19.9. The number of hydrogen-bond acceptors (Lipinski definition) is 5. The summed E-state index contributed by atoms with van der Waals surface area (Å²) in [5.41, 5.74) is 1.53. The fourth-order valence-electron chi connectivity index (χ4n) is 2.06. The Labute approximate surface area is 160 Å². The van der Waals surface area contributed by atoms with Crippen molar-refractivity contribution in [1.82, 2.24) is 4.90 Å². The molecule has 1 N–H and O–H groups in total. The molecule has 26 heavy (non-hydrogen) atoms. The second kappa shape index (κ2) is 9.94. The van der Waals surface area contributed by atoms with E-state index in [0.29, 0.717) is 17.1 Å². The van der Waals surface area contributed by atoms with Gasteiger partial charge in [-0.05, 0) is 40.9 Å². The average Bonchev–Trinajstić information content (AvgIpc) is 3.13. The highest BCUT2D eigenvalue weighted by Crippen LogP contribution is 2.20. The molecule has 8 heteroatoms. The van der Waals surface area contributed by atoms with Crippen LogP contribution in [-0.2, 0) is 25.5 Å². The maximum absolute atomic E-state index is 12.0. The Morgan fingerprint density at radius 3 is 2.69 bits per heavy atom. The zero-order chi connectivity index (χ0) is 18.9. The maximum Gasteiger partial charge on any atom is 0.306 e. The van der Waals surface area contributed by atoms with E-state index in [1.807, 2.05) is 16.8 Å². The minimum absolute atomic E-state index is 0.170. The van der Waals surface area contributed by atoms with Gasteiger partial charge in [-0.15, -0.1) is 0 Å². The van der Waals surface area contributed by atoms with E-state index >= 15 is 0 Å². The molecule has 1 aromatic heterocycles. The number of amides is 2. The molecule has 0 fully saturated rings. The van der Waals surface area contributed by atoms with E-state index in [1.165, 1.54) is 11.9 Å². The van der Waals surface area contributed by atoms with Crippen LogP contribution in [0.3, 0.4) is 0 Å². The van der Waals surface area contributed by atoms with Crippen LogP contribution in [0.15, 0.2) is 41.1 Å². The van der Waals surface area contributed by atoms with Crippen LogP contribution < -0.4 is 5.32 Å². The van der Waals surface area contributed by atoms with Crippen molar-refractivity contribution in [2.75, 3.05) is 25.5 Å². The predicted octanol–water partition coefficient (Wildman–Crippen LogP) is 2.97. The Hall–Kier alpha value is -2.38. The first-order chi connectivity index (χ1) is 12.5. The number of halogens is 1. The maximum atomic E-state index is 12.0. The van der Waals surface area contributed by atoms with Crippen molar-refractivity contribution >= 4 is 46.4 Å². The molecule has 0 saturated carbocycles. The Morgan fingerprint density at radius 2 is 2.00 bits per heavy atom. The standard InChI is InChI=1S/C18H19ClN2O4S/c1-21(10-16(22)20-15-5-3-2-4-14(15)19)17(23)11-25-18(24)7-6-13-8-9-26-12-13/h2-5,8-9,12H,6-7,10-11H2,1H3,(H,20,22). The molecule has 0 bridgehead atoms. The van der Waals surface area contributed by atoms with E-state index in [0.717, 1.165) is 5.56 Å². The smallest absolute Gasteiger partial charge is 0.306 e. The summed E-state index contributed by atoms with van der Waals surface area (Å²) in [5, 5.41) is 6.94. The van der Waals surface area contributed by atoms with Gasteiger partial charge in [-0.2, -0.15) is 11.3 Å². The summed E-state index contributed by atoms with van der Waals surface area (Å²) in [6.07, 6.45) is 0.785. The van der Waals surface area contributed by atoms with Crippen LogP contribution in [0.5, 0.6) is 0 Å². The van der Waals surface area contributed by atoms with Crippen molar-refractivity contribution in [3.63, 3.8) is 0 Å². The largest absolute Gasteiger partial charge is 0.456 e. The number of carbonyl (C=O) groups excluding carboxylic acids is 3. The van der Waals surface area contributed by atoms with E-state index in [-0.39, 0.29) is 13.0 Å². The van der Waals surface area contributed by atoms with Crippen molar-refractivity contribution in [3.8, 4) is 0 Å². The molecule has 2 rings (SSSR count). The van der Waals surface area contributed by atoms with Crippen molar-refractivity contribution in [2.45, 2.75) is 12.8 Å². The number of rotatable bonds is 8. The highest BCUT2D eigenvalue weighted by Gasteiger charge is 2.16. The summed E-state index contributed by atoms with van der Waals surface area (Å²) < 4.78 is 4.96. The number of anilines is 1. The van der Waals surface area contributed by atoms with Crippen molar-refractivity contribution in [1.29, 1.82) is 0 Å². The average molecular weight is 395 g/mol. The highest BCUT2D eigenvalue weighted by atomic mass is 35.5. The summed E-state index contributed by atoms with van der Waals surface area (Å²) in [6, 6.07) is 8.75. The van der Waals surface area contributed by atoms with Gasteiger partial charge in [0.05, 0.1) is 17.3 Å². The number of likely N-dealkylation sites (N-methyl/N-ethyl adjacent to an activating group) is 1. The molecule has 0 radical (unpaired) electrons. The third-order valence-corrected chi connectivity index (χ3v) is 4.57. The Morgan fingerprint density at radius 1 is 1.23 bits per heavy atom. The minimum Gasteiger partial charge on any atom is -0.456 e. The van der Waals surface area contributed by atoms with Gasteiger partial charge in [0.1, 0.15) is 0 Å². The monoisotopic (exact) mass is 394 g/mol. The van der Waals surface area contributed by atoms with Crippen LogP contribution in [0.1, 0.15) is 12.0 Å². The lowest BCUT2D eigenvalue weighted by Crippen LogP contribution is -2.37. The summed E-state index contributed by atoms with van der Waals surface area (Å²) in [5.74, 6) is -1.29. The second-order valence-electron chi connectivity index (χ2n) is 5.57. The van der Waals surface area contributed by atoms with Crippen molar-refractivity contribution in [2.24, 2.45) is 0 Å². The van der Waals surface area contributed by atoms with Crippen LogP contribution in [0.4, 0.5) is 5.69 Å². The van der Waals surface area contributed by atoms with Crippen LogP contribution in [-0.4, -0.2) is 42.9 Å². The number of thiophene rings is 1. The number of esters is 1. The molecule has 0 saturated heterocycles. The molecule has 1 heterocycles. The van der Waals surface area contributed by atoms with Gasteiger partial charge in [-0.1, -0.05) is 23.7 Å². The Bertz CT molecular complexity index is 764. The lowest BCUT2D eigenvalue weighted by molar-refractivity contribution is -0.151. The fourth-order valence-corrected chi connectivity index (χ4v) is 2.95. The number of ether oxygens (including phenoxy) is 1. The quantitative estimate of drug-likeness (QED) is 0.698. The summed E-state index contributed by atoms with van der Waals surface area (Å²) in [7, 11) is 1.47. The van der Waals surface area contributed by atoms with Crippen LogP contribution in [0, 0.1) is 0 Å². The van der Waals surface area contributed by atoms with Gasteiger partial charge in [-0.3, -0.25) is 14.4 Å². The van der Waals surface area contributed by atoms with E-state index in [2.05, 4.69) is 5.32 Å². The topological polar surface area (TPSA) is 75.7 Å². The van der Waals surface area contributed by atoms with E-state index in [9.17, 15) is 14.4 Å². The molecular formula is C18H19ClN2O4S. The molecule has 2 amide bonds. The van der Waals surface area contributed by atoms with Crippen LogP contribution in [0.25, 0.3) is 0 Å². The van der Waals surface area contributed by atoms with Gasteiger partial charge < -0.3 is 15.0 Å². The molecule has 0 aliphatic heterocycles. The highest BCUT2D eigenvalue weighted by molar-refractivity contribution is 7.07. The lowest BCUT2D eigenvalue weighted by atomic mass is 10.2. The van der Waals surface area contributed by atoms with Gasteiger partial charge in [0, 0.05) is 13.5 Å². The van der Waals surface area contributed by atoms with Gasteiger partial charge >= 0.3 is 5.97 Å². The van der Waals surface area contributed by atoms with E-state index in [4.69, 9.17) is 16.3 Å². The SMILES string of the molecule is CN(CC(=O)Nc1ccccc1Cl)C(=O)COC(=O)CCc1ccsc1. The zero-order valence-corrected chi connectivity index (χ0v) is 15.8. The first-order valence-electron chi connectivity index (χ1n) is 7.90. The number of para-hydroxylation sites is 1. The molecule has 0 aliphatic rings. The number of hydrogen-bond donors (Lipinski definition) is 1. The summed E-state index contributed by atoms with van der Waals surface area (Å²) in [4.78, 5) is 36.8. The predicted molar refractivity (Wildman–Crippen MR) is 101 cm³/mol. The molecule has 0 spiro atoms. The van der Waals surface area contributed by atoms with Gasteiger partial charge in [-0.25, -0.2) is 0 Å². The third-order valence-electron chi connectivity index (χ3n) is 3.51. The molecule has 6 nitrogen and oxygen atoms in total. The normalized spacial score (nSPS) is 10.2. The zero-order valence-electron chi connectivity index (χ0n) is 14.2. The third kappa shape index (κ3) is 6.50. The van der Waals surface area contributed by atoms with E-state index < -0.39 is 24.4 Å². The van der Waals surface area contributed by atoms with Crippen LogP contribution >= 0.6 is 22.9 Å². The van der Waals surface area contributed by atoms with Gasteiger partial charge in [0.25, 0.3) is 5.91 Å². The number of aryl methyl sites for hydroxylation is 1. The van der Waals surface area contributed by atoms with Crippen LogP contribution in [0.2, 0.25) is 5.02 Å². The van der Waals surface area contributed by atoms with Crippen molar-refractivity contribution in [3.05, 3.63) is 51.7 Å². The first-order valence-corrected chi connectivity index (χ1v) is 9.23. The molecule has 0 atom stereocenters. The molecule has 0 aliphatic carbocycles. The molecule has 1 aromatic carbocycles. The summed E-state index contributed by atoms with van der Waals surface area (Å²) in [6.45, 7) is -0.561. The Kier molecular flexibility index (Phi) is 7.62. The number of benzene rings is 1. The number of nitrogens with zero attached hydrogens (tertiary/aromatic N) is 1.